The van der Waals surface area contributed by atoms with Crippen LogP contribution < -0.4 is 15.0 Å². The fourth-order valence-corrected chi connectivity index (χ4v) is 3.75. The number of unbranched alkanes of at least 4 members (excludes halogenated alkanes) is 1. The summed E-state index contributed by atoms with van der Waals surface area (Å²) in [5.41, 5.74) is 2.22. The van der Waals surface area contributed by atoms with Gasteiger partial charge < -0.3 is 10.1 Å². The fourth-order valence-electron chi connectivity index (χ4n) is 3.54. The first kappa shape index (κ1) is 24.2. The van der Waals surface area contributed by atoms with Gasteiger partial charge in [-0.1, -0.05) is 37.1 Å². The van der Waals surface area contributed by atoms with Crippen LogP contribution in [0, 0.1) is 5.82 Å². The van der Waals surface area contributed by atoms with Crippen molar-refractivity contribution >= 4 is 40.8 Å². The molecule has 0 unspecified atom stereocenters. The van der Waals surface area contributed by atoms with E-state index < -0.39 is 23.6 Å². The zero-order valence-corrected chi connectivity index (χ0v) is 19.6. The van der Waals surface area contributed by atoms with Crippen molar-refractivity contribution < 1.29 is 23.5 Å². The zero-order valence-electron chi connectivity index (χ0n) is 18.9. The molecule has 1 N–H and O–H groups in total. The highest BCUT2D eigenvalue weighted by Gasteiger charge is 2.38. The monoisotopic (exact) mass is 492 g/mol. The summed E-state index contributed by atoms with van der Waals surface area (Å²) < 4.78 is 18.2. The van der Waals surface area contributed by atoms with Gasteiger partial charge in [0.15, 0.2) is 0 Å². The molecular weight excluding hydrogens is 471 g/mol. The van der Waals surface area contributed by atoms with Gasteiger partial charge >= 0.3 is 5.97 Å². The number of amides is 2. The Hall–Kier alpha value is -3.97. The van der Waals surface area contributed by atoms with E-state index in [2.05, 4.69) is 12.2 Å². The predicted octanol–water partition coefficient (Wildman–Crippen LogP) is 5.82. The maximum Gasteiger partial charge on any atom is 0.343 e. The van der Waals surface area contributed by atoms with Crippen LogP contribution in [0.4, 0.5) is 15.8 Å². The van der Waals surface area contributed by atoms with Gasteiger partial charge in [0, 0.05) is 5.69 Å². The van der Waals surface area contributed by atoms with Crippen LogP contribution in [0.3, 0.4) is 0 Å². The molecule has 1 heterocycles. The topological polar surface area (TPSA) is 75.7 Å². The van der Waals surface area contributed by atoms with E-state index in [4.69, 9.17) is 16.3 Å². The van der Waals surface area contributed by atoms with E-state index in [-0.39, 0.29) is 22.0 Å². The first-order chi connectivity index (χ1) is 16.9. The van der Waals surface area contributed by atoms with Gasteiger partial charge in [-0.25, -0.2) is 14.1 Å². The minimum atomic E-state index is -0.624. The highest BCUT2D eigenvalue weighted by molar-refractivity contribution is 6.53. The van der Waals surface area contributed by atoms with Gasteiger partial charge in [-0.15, -0.1) is 0 Å². The van der Waals surface area contributed by atoms with Gasteiger partial charge in [-0.05, 0) is 79.1 Å². The maximum atomic E-state index is 13.0. The van der Waals surface area contributed by atoms with Crippen LogP contribution in [0.15, 0.2) is 83.5 Å². The minimum absolute atomic E-state index is 0.0478. The second-order valence-corrected chi connectivity index (χ2v) is 8.33. The molecule has 4 rings (SSSR count). The summed E-state index contributed by atoms with van der Waals surface area (Å²) in [5.74, 6) is -2.03. The number of nitrogens with zero attached hydrogens (tertiary/aromatic N) is 1. The van der Waals surface area contributed by atoms with Crippen molar-refractivity contribution in [3.63, 3.8) is 0 Å². The number of nitrogens with one attached hydrogen (secondary N) is 1. The summed E-state index contributed by atoms with van der Waals surface area (Å²) in [5, 5.41) is 2.66. The Kier molecular flexibility index (Phi) is 7.27. The molecule has 0 aromatic heterocycles. The molecule has 35 heavy (non-hydrogen) atoms. The largest absolute Gasteiger partial charge is 0.423 e. The molecule has 178 valence electrons. The number of anilines is 2. The number of rotatable bonds is 8. The molecule has 0 saturated heterocycles. The summed E-state index contributed by atoms with van der Waals surface area (Å²) in [4.78, 5) is 39.0. The Morgan fingerprint density at radius 1 is 0.943 bits per heavy atom. The molecule has 0 bridgehead atoms. The Morgan fingerprint density at radius 3 is 2.23 bits per heavy atom. The van der Waals surface area contributed by atoms with E-state index in [1.54, 1.807) is 24.3 Å². The molecule has 6 nitrogen and oxygen atoms in total. The van der Waals surface area contributed by atoms with Crippen LogP contribution in [-0.4, -0.2) is 17.8 Å². The lowest BCUT2D eigenvalue weighted by Crippen LogP contribution is -2.32. The number of benzene rings is 3. The maximum absolute atomic E-state index is 13.0. The van der Waals surface area contributed by atoms with Gasteiger partial charge in [-0.2, -0.15) is 0 Å². The van der Waals surface area contributed by atoms with Crippen molar-refractivity contribution in [2.75, 3.05) is 10.2 Å². The van der Waals surface area contributed by atoms with Crippen molar-refractivity contribution in [1.29, 1.82) is 0 Å². The summed E-state index contributed by atoms with van der Waals surface area (Å²) >= 11 is 6.21. The molecular formula is C27H22ClFN2O4. The van der Waals surface area contributed by atoms with E-state index in [0.29, 0.717) is 11.4 Å². The summed E-state index contributed by atoms with van der Waals surface area (Å²) in [6.07, 6.45) is 3.07. The molecule has 0 fully saturated rings. The lowest BCUT2D eigenvalue weighted by Gasteiger charge is -2.15. The van der Waals surface area contributed by atoms with E-state index >= 15 is 0 Å². The first-order valence-electron chi connectivity index (χ1n) is 11.1. The lowest BCUT2D eigenvalue weighted by atomic mass is 10.1. The molecule has 0 radical (unpaired) electrons. The number of hydrogen-bond donors (Lipinski definition) is 1. The average Bonchev–Trinajstić information content (AvgIpc) is 3.08. The van der Waals surface area contributed by atoms with Crippen molar-refractivity contribution in [2.24, 2.45) is 0 Å². The highest BCUT2D eigenvalue weighted by Crippen LogP contribution is 2.30. The minimum Gasteiger partial charge on any atom is -0.423 e. The first-order valence-corrected chi connectivity index (χ1v) is 11.5. The molecule has 3 aromatic carbocycles. The van der Waals surface area contributed by atoms with Crippen molar-refractivity contribution in [2.45, 2.75) is 26.2 Å². The normalized spacial score (nSPS) is 13.4. The average molecular weight is 493 g/mol. The van der Waals surface area contributed by atoms with Gasteiger partial charge in [0.2, 0.25) is 0 Å². The molecule has 0 aliphatic carbocycles. The van der Waals surface area contributed by atoms with Crippen molar-refractivity contribution in [3.05, 3.63) is 100 Å². The summed E-state index contributed by atoms with van der Waals surface area (Å²) in [7, 11) is 0. The molecule has 1 aliphatic heterocycles. The number of halogens is 2. The van der Waals surface area contributed by atoms with Gasteiger partial charge in [0.05, 0.1) is 11.3 Å². The number of imide groups is 1. The Labute approximate surface area is 207 Å². The molecule has 3 aromatic rings. The Balaban J connectivity index is 1.44. The van der Waals surface area contributed by atoms with E-state index in [1.165, 1.54) is 36.4 Å². The van der Waals surface area contributed by atoms with Crippen LogP contribution in [0.1, 0.15) is 35.7 Å². The van der Waals surface area contributed by atoms with Crippen molar-refractivity contribution in [1.82, 2.24) is 0 Å². The standard InChI is InChI=1S/C27H22ClFN2O4/c1-2-3-4-17-5-13-21(14-6-17)31-25(32)23(28)24(26(31)33)30-20-11-7-18(8-12-20)27(34)35-22-15-9-19(29)10-16-22/h5-16,30H,2-4H2,1H3. The summed E-state index contributed by atoms with van der Waals surface area (Å²) in [6.45, 7) is 2.12. The smallest absolute Gasteiger partial charge is 0.343 e. The van der Waals surface area contributed by atoms with Gasteiger partial charge in [-0.3, -0.25) is 9.59 Å². The molecule has 2 amide bonds. The second kappa shape index (κ2) is 10.5. The van der Waals surface area contributed by atoms with Crippen LogP contribution >= 0.6 is 11.6 Å². The number of hydrogen-bond acceptors (Lipinski definition) is 5. The summed E-state index contributed by atoms with van der Waals surface area (Å²) in [6, 6.07) is 18.5. The Morgan fingerprint density at radius 2 is 1.60 bits per heavy atom. The number of carbonyl (C=O) groups excluding carboxylic acids is 3. The predicted molar refractivity (Wildman–Crippen MR) is 132 cm³/mol. The second-order valence-electron chi connectivity index (χ2n) is 7.95. The number of aryl methyl sites for hydroxylation is 1. The third-order valence-corrected chi connectivity index (χ3v) is 5.81. The quantitative estimate of drug-likeness (QED) is 0.243. The molecule has 0 atom stereocenters. The zero-order chi connectivity index (χ0) is 24.9. The van der Waals surface area contributed by atoms with E-state index in [1.807, 2.05) is 12.1 Å². The van der Waals surface area contributed by atoms with Crippen LogP contribution in [0.2, 0.25) is 0 Å². The molecule has 1 aliphatic rings. The fraction of sp³-hybridized carbons (Fsp3) is 0.148. The number of ether oxygens (including phenoxy) is 1. The van der Waals surface area contributed by atoms with Crippen LogP contribution in [-0.2, 0) is 16.0 Å². The lowest BCUT2D eigenvalue weighted by molar-refractivity contribution is -0.120. The number of esters is 1. The third-order valence-electron chi connectivity index (χ3n) is 5.45. The molecule has 8 heteroatoms. The Bertz CT molecular complexity index is 1290. The van der Waals surface area contributed by atoms with E-state index in [0.717, 1.165) is 29.7 Å². The highest BCUT2D eigenvalue weighted by atomic mass is 35.5. The third kappa shape index (κ3) is 5.41. The molecule has 0 saturated carbocycles. The molecule has 0 spiro atoms. The van der Waals surface area contributed by atoms with Crippen LogP contribution in [0.5, 0.6) is 5.75 Å². The van der Waals surface area contributed by atoms with Gasteiger partial charge in [0.1, 0.15) is 22.3 Å². The van der Waals surface area contributed by atoms with Crippen molar-refractivity contribution in [3.8, 4) is 5.75 Å². The van der Waals surface area contributed by atoms with E-state index in [9.17, 15) is 18.8 Å². The van der Waals surface area contributed by atoms with Crippen LogP contribution in [0.25, 0.3) is 0 Å². The number of carbonyl (C=O) groups is 3. The SMILES string of the molecule is CCCCc1ccc(N2C(=O)C(Cl)=C(Nc3ccc(C(=O)Oc4ccc(F)cc4)cc3)C2=O)cc1. The van der Waals surface area contributed by atoms with Gasteiger partial charge in [0.25, 0.3) is 11.8 Å².